The minimum absolute atomic E-state index is 0.104. The lowest BCUT2D eigenvalue weighted by atomic mass is 10.0. The number of amides is 1. The van der Waals surface area contributed by atoms with Gasteiger partial charge in [0.25, 0.3) is 0 Å². The van der Waals surface area contributed by atoms with Crippen molar-refractivity contribution in [3.8, 4) is 0 Å². The fourth-order valence-electron chi connectivity index (χ4n) is 5.75. The van der Waals surface area contributed by atoms with Crippen molar-refractivity contribution >= 4 is 17.8 Å². The van der Waals surface area contributed by atoms with E-state index < -0.39 is 12.0 Å². The average Bonchev–Trinajstić information content (AvgIpc) is 3.05. The number of nitrogens with two attached hydrogens (primary N) is 1. The van der Waals surface area contributed by atoms with Crippen molar-refractivity contribution in [1.29, 1.82) is 0 Å². The Balaban J connectivity index is 4.31. The Hall–Kier alpha value is -2.15. The van der Waals surface area contributed by atoms with Gasteiger partial charge in [0, 0.05) is 12.8 Å². The van der Waals surface area contributed by atoms with Crippen LogP contribution in [0.3, 0.4) is 0 Å². The number of ether oxygens (including phenoxy) is 1. The van der Waals surface area contributed by atoms with Gasteiger partial charge in [0.2, 0.25) is 5.91 Å². The first kappa shape index (κ1) is 44.9. The first-order valence-corrected chi connectivity index (χ1v) is 19.7. The molecule has 0 heterocycles. The molecule has 0 saturated heterocycles. The highest BCUT2D eigenvalue weighted by Gasteiger charge is 2.19. The Morgan fingerprint density at radius 2 is 1.17 bits per heavy atom. The van der Waals surface area contributed by atoms with E-state index in [1.165, 1.54) is 96.3 Å². The maximum Gasteiger partial charge on any atom is 0.326 e. The minimum Gasteiger partial charge on any atom is -0.480 e. The van der Waals surface area contributed by atoms with Crippen molar-refractivity contribution in [2.24, 2.45) is 5.73 Å². The Morgan fingerprint density at radius 1 is 0.638 bits per heavy atom. The van der Waals surface area contributed by atoms with Crippen molar-refractivity contribution in [1.82, 2.24) is 5.32 Å². The largest absolute Gasteiger partial charge is 0.480 e. The van der Waals surface area contributed by atoms with E-state index in [0.717, 1.165) is 51.4 Å². The van der Waals surface area contributed by atoms with Gasteiger partial charge < -0.3 is 20.9 Å². The molecule has 0 aromatic carbocycles. The monoisotopic (exact) mass is 663 g/mol. The Morgan fingerprint density at radius 3 is 1.74 bits per heavy atom. The number of hydrogen-bond donors (Lipinski definition) is 3. The maximum absolute atomic E-state index is 12.7. The van der Waals surface area contributed by atoms with Gasteiger partial charge >= 0.3 is 11.9 Å². The number of carbonyl (C=O) groups excluding carboxylic acids is 2. The third-order valence-electron chi connectivity index (χ3n) is 8.75. The summed E-state index contributed by atoms with van der Waals surface area (Å²) in [6.07, 6.45) is 38.1. The molecule has 47 heavy (non-hydrogen) atoms. The quantitative estimate of drug-likeness (QED) is 0.0353. The fourth-order valence-corrected chi connectivity index (χ4v) is 5.75. The number of esters is 1. The summed E-state index contributed by atoms with van der Waals surface area (Å²) in [6.45, 7) is 4.89. The van der Waals surface area contributed by atoms with Gasteiger partial charge in [-0.1, -0.05) is 141 Å². The SMILES string of the molecule is CCCCC/C=C\C/C=C\C(CCCCCCC(=O)NC(CCCN)C(=O)O)OC(=O)CCCCCCCCCCCCCCCC. The molecule has 2 unspecified atom stereocenters. The molecule has 0 saturated carbocycles. The molecule has 0 fully saturated rings. The van der Waals surface area contributed by atoms with Crippen LogP contribution in [0.1, 0.15) is 194 Å². The summed E-state index contributed by atoms with van der Waals surface area (Å²) in [5.74, 6) is -1.35. The molecule has 1 amide bonds. The van der Waals surface area contributed by atoms with Crippen LogP contribution in [-0.2, 0) is 19.1 Å². The van der Waals surface area contributed by atoms with Crippen LogP contribution in [0, 0.1) is 0 Å². The van der Waals surface area contributed by atoms with Crippen molar-refractivity contribution in [2.45, 2.75) is 206 Å². The predicted octanol–water partition coefficient (Wildman–Crippen LogP) is 10.5. The number of carboxylic acid groups (broad SMARTS) is 1. The highest BCUT2D eigenvalue weighted by atomic mass is 16.5. The Bertz CT molecular complexity index is 797. The number of carboxylic acids is 1. The molecule has 0 spiro atoms. The number of allylic oxidation sites excluding steroid dienone is 3. The second-order valence-corrected chi connectivity index (χ2v) is 13.3. The third-order valence-corrected chi connectivity index (χ3v) is 8.75. The van der Waals surface area contributed by atoms with E-state index >= 15 is 0 Å². The van der Waals surface area contributed by atoms with E-state index in [2.05, 4.69) is 37.4 Å². The van der Waals surface area contributed by atoms with Gasteiger partial charge in [0.15, 0.2) is 0 Å². The summed E-state index contributed by atoms with van der Waals surface area (Å²) in [5.41, 5.74) is 5.47. The molecule has 0 aliphatic heterocycles. The molecule has 7 nitrogen and oxygen atoms in total. The fraction of sp³-hybridized carbons (Fsp3) is 0.825. The van der Waals surface area contributed by atoms with Crippen LogP contribution in [0.15, 0.2) is 24.3 Å². The Kier molecular flexibility index (Phi) is 33.6. The average molecular weight is 663 g/mol. The lowest BCUT2D eigenvalue weighted by Gasteiger charge is -2.15. The van der Waals surface area contributed by atoms with Gasteiger partial charge in [-0.15, -0.1) is 0 Å². The first-order valence-electron chi connectivity index (χ1n) is 19.7. The molecule has 0 aromatic heterocycles. The van der Waals surface area contributed by atoms with Crippen LogP contribution in [0.4, 0.5) is 0 Å². The summed E-state index contributed by atoms with van der Waals surface area (Å²) >= 11 is 0. The molecule has 0 rings (SSSR count). The van der Waals surface area contributed by atoms with Crippen LogP contribution < -0.4 is 11.1 Å². The zero-order valence-corrected chi connectivity index (χ0v) is 30.6. The van der Waals surface area contributed by atoms with Crippen LogP contribution in [-0.4, -0.2) is 41.6 Å². The maximum atomic E-state index is 12.7. The van der Waals surface area contributed by atoms with E-state index in [0.29, 0.717) is 38.6 Å². The molecule has 2 atom stereocenters. The van der Waals surface area contributed by atoms with E-state index in [1.807, 2.05) is 6.08 Å². The molecule has 7 heteroatoms. The smallest absolute Gasteiger partial charge is 0.326 e. The number of nitrogens with one attached hydrogen (secondary N) is 1. The van der Waals surface area contributed by atoms with Crippen LogP contribution in [0.5, 0.6) is 0 Å². The number of carbonyl (C=O) groups is 3. The van der Waals surface area contributed by atoms with E-state index in [4.69, 9.17) is 10.5 Å². The number of unbranched alkanes of at least 4 members (excludes halogenated alkanes) is 19. The molecule has 0 aliphatic carbocycles. The Labute approximate surface area is 289 Å². The lowest BCUT2D eigenvalue weighted by molar-refractivity contribution is -0.147. The van der Waals surface area contributed by atoms with Gasteiger partial charge in [0.1, 0.15) is 12.1 Å². The van der Waals surface area contributed by atoms with Crippen molar-refractivity contribution in [3.05, 3.63) is 24.3 Å². The van der Waals surface area contributed by atoms with Crippen LogP contribution in [0.25, 0.3) is 0 Å². The second kappa shape index (κ2) is 35.2. The summed E-state index contributed by atoms with van der Waals surface area (Å²) in [6, 6.07) is -0.871. The third kappa shape index (κ3) is 32.2. The highest BCUT2D eigenvalue weighted by molar-refractivity contribution is 5.83. The normalized spacial score (nSPS) is 12.9. The summed E-state index contributed by atoms with van der Waals surface area (Å²) < 4.78 is 5.89. The van der Waals surface area contributed by atoms with Gasteiger partial charge in [0.05, 0.1) is 0 Å². The van der Waals surface area contributed by atoms with Crippen LogP contribution in [0.2, 0.25) is 0 Å². The minimum atomic E-state index is -1.02. The molecular weight excluding hydrogens is 588 g/mol. The van der Waals surface area contributed by atoms with E-state index in [-0.39, 0.29) is 18.0 Å². The molecular formula is C40H74N2O5. The topological polar surface area (TPSA) is 119 Å². The molecule has 4 N–H and O–H groups in total. The molecule has 0 bridgehead atoms. The van der Waals surface area contributed by atoms with Gasteiger partial charge in [-0.2, -0.15) is 0 Å². The van der Waals surface area contributed by atoms with Gasteiger partial charge in [-0.3, -0.25) is 9.59 Å². The van der Waals surface area contributed by atoms with Crippen molar-refractivity contribution in [2.75, 3.05) is 6.54 Å². The second-order valence-electron chi connectivity index (χ2n) is 13.3. The number of hydrogen-bond acceptors (Lipinski definition) is 5. The first-order chi connectivity index (χ1) is 22.9. The number of rotatable bonds is 35. The zero-order chi connectivity index (χ0) is 34.6. The summed E-state index contributed by atoms with van der Waals surface area (Å²) in [7, 11) is 0. The van der Waals surface area contributed by atoms with Crippen molar-refractivity contribution < 1.29 is 24.2 Å². The molecule has 0 aliphatic rings. The molecule has 274 valence electrons. The van der Waals surface area contributed by atoms with E-state index in [9.17, 15) is 19.5 Å². The standard InChI is InChI=1S/C40H74N2O5/c1-3-5-7-9-11-13-14-15-16-17-18-20-22-28-34-39(44)47-36(30-25-21-19-12-10-8-6-4-2)31-26-23-24-27-33-38(43)42-37(40(45)46)32-29-35-41/h12,19,25,30,36-37H,3-11,13-18,20-24,26-29,31-35,41H2,1-2H3,(H,42,43)(H,45,46)/b19-12-,30-25-. The summed E-state index contributed by atoms with van der Waals surface area (Å²) in [5, 5.41) is 11.9. The zero-order valence-electron chi connectivity index (χ0n) is 30.6. The summed E-state index contributed by atoms with van der Waals surface area (Å²) in [4.78, 5) is 36.2. The highest BCUT2D eigenvalue weighted by Crippen LogP contribution is 2.16. The van der Waals surface area contributed by atoms with E-state index in [1.54, 1.807) is 0 Å². The van der Waals surface area contributed by atoms with Crippen molar-refractivity contribution in [3.63, 3.8) is 0 Å². The lowest BCUT2D eigenvalue weighted by Crippen LogP contribution is -2.40. The molecule has 0 radical (unpaired) electrons. The van der Waals surface area contributed by atoms with Gasteiger partial charge in [-0.25, -0.2) is 4.79 Å². The number of aliphatic carboxylic acids is 1. The van der Waals surface area contributed by atoms with Gasteiger partial charge in [-0.05, 0) is 70.4 Å². The van der Waals surface area contributed by atoms with Crippen LogP contribution >= 0.6 is 0 Å². The molecule has 0 aromatic rings. The predicted molar refractivity (Wildman–Crippen MR) is 197 cm³/mol.